The number of nitrogens with one attached hydrogen (secondary N) is 1. The van der Waals surface area contributed by atoms with Crippen LogP contribution in [0.3, 0.4) is 0 Å². The van der Waals surface area contributed by atoms with Crippen LogP contribution >= 0.6 is 11.8 Å². The van der Waals surface area contributed by atoms with E-state index in [0.29, 0.717) is 25.8 Å². The van der Waals surface area contributed by atoms with Crippen molar-refractivity contribution in [2.45, 2.75) is 108 Å². The number of thioether (sulfide) groups is 1. The van der Waals surface area contributed by atoms with Crippen molar-refractivity contribution in [1.29, 1.82) is 0 Å². The highest BCUT2D eigenvalue weighted by Gasteiger charge is 2.48. The molecule has 4 rings (SSSR count). The van der Waals surface area contributed by atoms with E-state index >= 15 is 0 Å². The zero-order valence-electron chi connectivity index (χ0n) is 33.5. The first-order valence-corrected chi connectivity index (χ1v) is 22.9. The lowest BCUT2D eigenvalue weighted by Gasteiger charge is -2.39. The zero-order chi connectivity index (χ0) is 39.5. The van der Waals surface area contributed by atoms with Crippen LogP contribution in [0.1, 0.15) is 77.5 Å². The number of hydrogen-bond donors (Lipinski definition) is 2. The minimum absolute atomic E-state index is 0.0311. The second-order valence-corrected chi connectivity index (χ2v) is 20.7. The van der Waals surface area contributed by atoms with E-state index in [-0.39, 0.29) is 41.9 Å². The van der Waals surface area contributed by atoms with E-state index in [1.807, 2.05) is 55.6 Å². The molecule has 0 bridgehead atoms. The average molecular weight is 775 g/mol. The molecule has 1 aliphatic rings. The highest BCUT2D eigenvalue weighted by molar-refractivity contribution is 8.01. The molecule has 8 nitrogen and oxygen atoms in total. The Morgan fingerprint density at radius 1 is 0.926 bits per heavy atom. The minimum Gasteiger partial charge on any atom is -0.445 e. The summed E-state index contributed by atoms with van der Waals surface area (Å²) in [5.74, 6) is -0.382. The van der Waals surface area contributed by atoms with Gasteiger partial charge < -0.3 is 29.2 Å². The summed E-state index contributed by atoms with van der Waals surface area (Å²) in [6.45, 7) is 20.3. The lowest BCUT2D eigenvalue weighted by atomic mass is 9.82. The van der Waals surface area contributed by atoms with Gasteiger partial charge in [-0.05, 0) is 75.2 Å². The minimum atomic E-state index is -1.72. The van der Waals surface area contributed by atoms with E-state index in [4.69, 9.17) is 13.9 Å². The van der Waals surface area contributed by atoms with Gasteiger partial charge in [0.05, 0.1) is 16.9 Å². The maximum absolute atomic E-state index is 14.0. The quantitative estimate of drug-likeness (QED) is 0.0852. The lowest BCUT2D eigenvalue weighted by Crippen LogP contribution is -2.51. The van der Waals surface area contributed by atoms with Gasteiger partial charge in [0, 0.05) is 30.4 Å². The molecular formula is C44H62N2O6SSi. The maximum atomic E-state index is 14.0. The SMILES string of the molecule is C=CCOC(=O)N1C[C@@H](SC(c2ccccc2)(c2ccccc2)c2ccccc2)C[C@@H]1C(O[SiH](C)C)C(CO)C[C@@H](CC(C)(C)C)NC(=O)OC(C)(C)C. The van der Waals surface area contributed by atoms with Crippen molar-refractivity contribution >= 4 is 33.0 Å². The smallest absolute Gasteiger partial charge is 0.410 e. The van der Waals surface area contributed by atoms with E-state index in [1.165, 1.54) is 0 Å². The average Bonchev–Trinajstić information content (AvgIpc) is 3.54. The third-order valence-corrected chi connectivity index (χ3v) is 12.0. The Bertz CT molecular complexity index is 1520. The number of carbonyl (C=O) groups excluding carboxylic acids is 2. The number of rotatable bonds is 16. The van der Waals surface area contributed by atoms with Gasteiger partial charge in [-0.1, -0.05) is 124 Å². The molecule has 5 atom stereocenters. The van der Waals surface area contributed by atoms with Crippen LogP contribution in [0.2, 0.25) is 13.1 Å². The number of ether oxygens (including phenoxy) is 2. The van der Waals surface area contributed by atoms with Crippen molar-refractivity contribution in [2.75, 3.05) is 19.8 Å². The van der Waals surface area contributed by atoms with Gasteiger partial charge in [-0.2, -0.15) is 0 Å². The van der Waals surface area contributed by atoms with Gasteiger partial charge in [0.25, 0.3) is 0 Å². The van der Waals surface area contributed by atoms with Crippen LogP contribution in [0.15, 0.2) is 104 Å². The molecule has 1 heterocycles. The van der Waals surface area contributed by atoms with Crippen molar-refractivity contribution in [3.63, 3.8) is 0 Å². The third-order valence-electron chi connectivity index (χ3n) is 9.42. The van der Waals surface area contributed by atoms with Crippen LogP contribution in [-0.2, 0) is 18.6 Å². The second-order valence-electron chi connectivity index (χ2n) is 16.8. The summed E-state index contributed by atoms with van der Waals surface area (Å²) in [7, 11) is -1.72. The summed E-state index contributed by atoms with van der Waals surface area (Å²) >= 11 is 1.85. The summed E-state index contributed by atoms with van der Waals surface area (Å²) in [4.78, 5) is 28.9. The number of carbonyl (C=O) groups is 2. The number of aliphatic hydroxyl groups excluding tert-OH is 1. The van der Waals surface area contributed by atoms with Crippen LogP contribution in [0.5, 0.6) is 0 Å². The summed E-state index contributed by atoms with van der Waals surface area (Å²) in [5, 5.41) is 14.2. The normalized spacial score (nSPS) is 18.1. The van der Waals surface area contributed by atoms with Gasteiger partial charge in [0.1, 0.15) is 12.2 Å². The molecule has 0 aliphatic carbocycles. The number of alkyl carbamates (subject to hydrolysis) is 1. The summed E-state index contributed by atoms with van der Waals surface area (Å²) in [5.41, 5.74) is 2.66. The fourth-order valence-electron chi connectivity index (χ4n) is 7.53. The van der Waals surface area contributed by atoms with E-state index in [1.54, 1.807) is 6.08 Å². The van der Waals surface area contributed by atoms with Crippen LogP contribution in [0.4, 0.5) is 9.59 Å². The molecule has 294 valence electrons. The monoisotopic (exact) mass is 774 g/mol. The lowest BCUT2D eigenvalue weighted by molar-refractivity contribution is 0.00955. The summed E-state index contributed by atoms with van der Waals surface area (Å²) < 4.78 is 17.7. The molecular weight excluding hydrogens is 713 g/mol. The predicted octanol–water partition coefficient (Wildman–Crippen LogP) is 9.17. The number of hydrogen-bond acceptors (Lipinski definition) is 7. The summed E-state index contributed by atoms with van der Waals surface area (Å²) in [6, 6.07) is 31.0. The molecule has 54 heavy (non-hydrogen) atoms. The standard InChI is InChI=1S/C44H62N2O6SSi/c1-10-26-50-41(49)46-30-37(53-44(33-20-14-11-15-21-33,34-22-16-12-17-23-34)35-24-18-13-19-25-35)28-38(46)39(52-54(8)9)32(31-47)27-36(29-42(2,3)4)45-40(48)51-43(5,6)7/h10-25,32,36-39,47,54H,1,26-31H2,2-9H3,(H,45,48)/t32?,36-,37-,38+,39?/m0/s1. The third kappa shape index (κ3) is 12.0. The molecule has 1 saturated heterocycles. The van der Waals surface area contributed by atoms with Crippen molar-refractivity contribution in [3.8, 4) is 0 Å². The van der Waals surface area contributed by atoms with Crippen molar-refractivity contribution < 1.29 is 28.6 Å². The van der Waals surface area contributed by atoms with Gasteiger partial charge in [-0.25, -0.2) is 9.59 Å². The van der Waals surface area contributed by atoms with Gasteiger partial charge in [0.15, 0.2) is 9.04 Å². The van der Waals surface area contributed by atoms with Crippen molar-refractivity contribution in [2.24, 2.45) is 11.3 Å². The van der Waals surface area contributed by atoms with Crippen LogP contribution in [0, 0.1) is 11.3 Å². The Morgan fingerprint density at radius 3 is 1.87 bits per heavy atom. The van der Waals surface area contributed by atoms with Crippen LogP contribution in [-0.4, -0.2) is 80.0 Å². The van der Waals surface area contributed by atoms with Gasteiger partial charge in [0.2, 0.25) is 0 Å². The molecule has 0 radical (unpaired) electrons. The van der Waals surface area contributed by atoms with E-state index < -0.39 is 37.7 Å². The number of benzene rings is 3. The topological polar surface area (TPSA) is 97.3 Å². The van der Waals surface area contributed by atoms with Crippen LogP contribution < -0.4 is 5.32 Å². The Labute approximate surface area is 329 Å². The second kappa shape index (κ2) is 19.3. The largest absolute Gasteiger partial charge is 0.445 e. The first kappa shape index (κ1) is 43.2. The highest BCUT2D eigenvalue weighted by Crippen LogP contribution is 2.52. The predicted molar refractivity (Wildman–Crippen MR) is 223 cm³/mol. The van der Waals surface area contributed by atoms with E-state index in [9.17, 15) is 14.7 Å². The van der Waals surface area contributed by atoms with Gasteiger partial charge >= 0.3 is 12.2 Å². The molecule has 2 N–H and O–H groups in total. The fraction of sp³-hybridized carbons (Fsp3) is 0.500. The highest BCUT2D eigenvalue weighted by atomic mass is 32.2. The van der Waals surface area contributed by atoms with Gasteiger partial charge in [-0.3, -0.25) is 0 Å². The zero-order valence-corrected chi connectivity index (χ0v) is 35.5. The van der Waals surface area contributed by atoms with E-state index in [0.717, 1.165) is 16.7 Å². The Morgan fingerprint density at radius 2 is 1.44 bits per heavy atom. The molecule has 0 spiro atoms. The molecule has 1 fully saturated rings. The molecule has 2 unspecified atom stereocenters. The maximum Gasteiger partial charge on any atom is 0.410 e. The first-order chi connectivity index (χ1) is 25.6. The molecule has 0 saturated carbocycles. The first-order valence-electron chi connectivity index (χ1n) is 19.2. The van der Waals surface area contributed by atoms with E-state index in [2.05, 4.69) is 119 Å². The van der Waals surface area contributed by atoms with Crippen molar-refractivity contribution in [1.82, 2.24) is 10.2 Å². The Hall–Kier alpha value is -3.57. The molecule has 10 heteroatoms. The summed E-state index contributed by atoms with van der Waals surface area (Å²) in [6.07, 6.45) is 1.89. The molecule has 1 aliphatic heterocycles. The molecule has 0 aromatic heterocycles. The fourth-order valence-corrected chi connectivity index (χ4v) is 10.4. The van der Waals surface area contributed by atoms with Gasteiger partial charge in [-0.15, -0.1) is 11.8 Å². The Balaban J connectivity index is 1.78. The molecule has 3 aromatic carbocycles. The Kier molecular flexibility index (Phi) is 15.5. The van der Waals surface area contributed by atoms with Crippen LogP contribution in [0.25, 0.3) is 0 Å². The number of nitrogens with zero attached hydrogens (tertiary/aromatic N) is 1. The molecule has 2 amide bonds. The van der Waals surface area contributed by atoms with Crippen molar-refractivity contribution in [3.05, 3.63) is 120 Å². The number of likely N-dealkylation sites (tertiary alicyclic amines) is 1. The number of aliphatic hydroxyl groups is 1. The number of amides is 2. The molecule has 3 aromatic rings.